The number of rotatable bonds is 2. The zero-order valence-corrected chi connectivity index (χ0v) is 8.36. The van der Waals surface area contributed by atoms with Gasteiger partial charge in [-0.2, -0.15) is 5.26 Å². The quantitative estimate of drug-likeness (QED) is 0.792. The Bertz CT molecular complexity index is 401. The fourth-order valence-electron chi connectivity index (χ4n) is 1.67. The number of carbonyl (C=O) groups is 1. The van der Waals surface area contributed by atoms with E-state index in [1.807, 2.05) is 18.2 Å². The molecule has 0 unspecified atom stereocenters. The minimum atomic E-state index is -0.604. The van der Waals surface area contributed by atoms with Crippen molar-refractivity contribution in [3.8, 4) is 6.07 Å². The van der Waals surface area contributed by atoms with Crippen molar-refractivity contribution in [1.29, 1.82) is 5.26 Å². The van der Waals surface area contributed by atoms with Gasteiger partial charge in [-0.05, 0) is 31.4 Å². The molecule has 0 aromatic heterocycles. The van der Waals surface area contributed by atoms with E-state index in [0.717, 1.165) is 19.3 Å². The van der Waals surface area contributed by atoms with Crippen LogP contribution in [0.1, 0.15) is 29.6 Å². The summed E-state index contributed by atoms with van der Waals surface area (Å²) >= 11 is 0. The maximum atomic E-state index is 11.7. The van der Waals surface area contributed by atoms with E-state index in [2.05, 4.69) is 11.4 Å². The van der Waals surface area contributed by atoms with E-state index in [1.54, 1.807) is 12.1 Å². The first-order valence-corrected chi connectivity index (χ1v) is 5.05. The minimum absolute atomic E-state index is 0.156. The molecule has 0 spiro atoms. The first-order valence-electron chi connectivity index (χ1n) is 5.05. The third kappa shape index (κ3) is 1.84. The molecule has 1 amide bonds. The van der Waals surface area contributed by atoms with Crippen LogP contribution in [-0.4, -0.2) is 11.4 Å². The zero-order valence-electron chi connectivity index (χ0n) is 8.36. The van der Waals surface area contributed by atoms with E-state index < -0.39 is 5.54 Å². The van der Waals surface area contributed by atoms with Crippen LogP contribution in [0.5, 0.6) is 0 Å². The molecule has 1 aliphatic carbocycles. The van der Waals surface area contributed by atoms with Gasteiger partial charge >= 0.3 is 0 Å². The molecule has 76 valence electrons. The number of benzene rings is 1. The topological polar surface area (TPSA) is 52.9 Å². The van der Waals surface area contributed by atoms with E-state index in [9.17, 15) is 4.79 Å². The third-order valence-corrected chi connectivity index (χ3v) is 2.81. The maximum absolute atomic E-state index is 11.7. The molecule has 0 radical (unpaired) electrons. The SMILES string of the molecule is N#CC1(NC(=O)c2ccccc2)CCC1. The lowest BCUT2D eigenvalue weighted by Crippen LogP contribution is -2.52. The summed E-state index contributed by atoms with van der Waals surface area (Å²) in [4.78, 5) is 11.7. The second-order valence-corrected chi connectivity index (χ2v) is 3.87. The summed E-state index contributed by atoms with van der Waals surface area (Å²) in [5.74, 6) is -0.156. The predicted octanol–water partition coefficient (Wildman–Crippen LogP) is 1.86. The molecule has 0 saturated heterocycles. The van der Waals surface area contributed by atoms with Gasteiger partial charge in [0, 0.05) is 5.56 Å². The van der Waals surface area contributed by atoms with Crippen molar-refractivity contribution in [2.24, 2.45) is 0 Å². The second-order valence-electron chi connectivity index (χ2n) is 3.87. The normalized spacial score (nSPS) is 17.3. The first kappa shape index (κ1) is 9.72. The van der Waals surface area contributed by atoms with Gasteiger partial charge < -0.3 is 5.32 Å². The molecule has 2 rings (SSSR count). The van der Waals surface area contributed by atoms with Crippen LogP contribution in [0, 0.1) is 11.3 Å². The van der Waals surface area contributed by atoms with E-state index >= 15 is 0 Å². The highest BCUT2D eigenvalue weighted by Crippen LogP contribution is 2.31. The standard InChI is InChI=1S/C12H12N2O/c13-9-12(7-4-8-12)14-11(15)10-5-2-1-3-6-10/h1-3,5-6H,4,7-8H2,(H,14,15). The van der Waals surface area contributed by atoms with E-state index in [0.29, 0.717) is 5.56 Å². The van der Waals surface area contributed by atoms with Crippen LogP contribution in [0.3, 0.4) is 0 Å². The molecular formula is C12H12N2O. The Morgan fingerprint density at radius 1 is 1.33 bits per heavy atom. The van der Waals surface area contributed by atoms with Gasteiger partial charge in [0.05, 0.1) is 6.07 Å². The molecule has 15 heavy (non-hydrogen) atoms. The first-order chi connectivity index (χ1) is 7.26. The number of nitrogens with zero attached hydrogens (tertiary/aromatic N) is 1. The lowest BCUT2D eigenvalue weighted by Gasteiger charge is -2.35. The van der Waals surface area contributed by atoms with Gasteiger partial charge in [0.1, 0.15) is 5.54 Å². The number of hydrogen-bond donors (Lipinski definition) is 1. The summed E-state index contributed by atoms with van der Waals surface area (Å²) < 4.78 is 0. The van der Waals surface area contributed by atoms with Gasteiger partial charge in [0.25, 0.3) is 5.91 Å². The Labute approximate surface area is 88.7 Å². The van der Waals surface area contributed by atoms with Crippen molar-refractivity contribution in [3.05, 3.63) is 35.9 Å². The van der Waals surface area contributed by atoms with Crippen LogP contribution >= 0.6 is 0 Å². The lowest BCUT2D eigenvalue weighted by atomic mass is 9.78. The molecule has 3 nitrogen and oxygen atoms in total. The van der Waals surface area contributed by atoms with E-state index in [-0.39, 0.29) is 5.91 Å². The van der Waals surface area contributed by atoms with Crippen LogP contribution in [-0.2, 0) is 0 Å². The summed E-state index contributed by atoms with van der Waals surface area (Å²) in [6, 6.07) is 11.2. The summed E-state index contributed by atoms with van der Waals surface area (Å²) in [6.07, 6.45) is 2.55. The molecule has 0 bridgehead atoms. The number of nitrogens with one attached hydrogen (secondary N) is 1. The molecule has 1 aromatic carbocycles. The highest BCUT2D eigenvalue weighted by atomic mass is 16.1. The predicted molar refractivity (Wildman–Crippen MR) is 56.1 cm³/mol. The fourth-order valence-corrected chi connectivity index (χ4v) is 1.67. The van der Waals surface area contributed by atoms with Crippen molar-refractivity contribution in [1.82, 2.24) is 5.32 Å². The summed E-state index contributed by atoms with van der Waals surface area (Å²) in [5, 5.41) is 11.8. The number of nitriles is 1. The second kappa shape index (κ2) is 3.74. The highest BCUT2D eigenvalue weighted by Gasteiger charge is 2.38. The van der Waals surface area contributed by atoms with Crippen LogP contribution in [0.4, 0.5) is 0 Å². The molecule has 1 saturated carbocycles. The number of carbonyl (C=O) groups excluding carboxylic acids is 1. The molecule has 0 heterocycles. The molecule has 3 heteroatoms. The monoisotopic (exact) mass is 200 g/mol. The molecule has 1 aromatic rings. The smallest absolute Gasteiger partial charge is 0.252 e. The van der Waals surface area contributed by atoms with Crippen LogP contribution in [0.25, 0.3) is 0 Å². The molecular weight excluding hydrogens is 188 g/mol. The van der Waals surface area contributed by atoms with Gasteiger partial charge in [-0.1, -0.05) is 18.2 Å². The van der Waals surface area contributed by atoms with Crippen LogP contribution < -0.4 is 5.32 Å². The van der Waals surface area contributed by atoms with Crippen LogP contribution in [0.15, 0.2) is 30.3 Å². The molecule has 1 aliphatic rings. The van der Waals surface area contributed by atoms with E-state index in [4.69, 9.17) is 5.26 Å². The minimum Gasteiger partial charge on any atom is -0.334 e. The van der Waals surface area contributed by atoms with Crippen molar-refractivity contribution >= 4 is 5.91 Å². The van der Waals surface area contributed by atoms with Crippen molar-refractivity contribution in [3.63, 3.8) is 0 Å². The summed E-state index contributed by atoms with van der Waals surface area (Å²) in [7, 11) is 0. The maximum Gasteiger partial charge on any atom is 0.252 e. The summed E-state index contributed by atoms with van der Waals surface area (Å²) in [5.41, 5.74) is 0.00597. The Morgan fingerprint density at radius 3 is 2.47 bits per heavy atom. The Kier molecular flexibility index (Phi) is 2.42. The van der Waals surface area contributed by atoms with Crippen molar-refractivity contribution in [2.45, 2.75) is 24.8 Å². The Morgan fingerprint density at radius 2 is 2.00 bits per heavy atom. The molecule has 0 aliphatic heterocycles. The fraction of sp³-hybridized carbons (Fsp3) is 0.333. The highest BCUT2D eigenvalue weighted by molar-refractivity contribution is 5.94. The lowest BCUT2D eigenvalue weighted by molar-refractivity contribution is 0.0881. The number of hydrogen-bond acceptors (Lipinski definition) is 2. The van der Waals surface area contributed by atoms with Gasteiger partial charge in [-0.25, -0.2) is 0 Å². The van der Waals surface area contributed by atoms with E-state index in [1.165, 1.54) is 0 Å². The largest absolute Gasteiger partial charge is 0.334 e. The van der Waals surface area contributed by atoms with Crippen LogP contribution in [0.2, 0.25) is 0 Å². The Balaban J connectivity index is 2.08. The average molecular weight is 200 g/mol. The molecule has 0 atom stereocenters. The molecule has 1 fully saturated rings. The van der Waals surface area contributed by atoms with Gasteiger partial charge in [-0.3, -0.25) is 4.79 Å². The molecule has 1 N–H and O–H groups in total. The Hall–Kier alpha value is -1.82. The van der Waals surface area contributed by atoms with Gasteiger partial charge in [0.2, 0.25) is 0 Å². The van der Waals surface area contributed by atoms with Gasteiger partial charge in [0.15, 0.2) is 0 Å². The van der Waals surface area contributed by atoms with Gasteiger partial charge in [-0.15, -0.1) is 0 Å². The van der Waals surface area contributed by atoms with Crippen molar-refractivity contribution in [2.75, 3.05) is 0 Å². The van der Waals surface area contributed by atoms with Crippen molar-refractivity contribution < 1.29 is 4.79 Å². The average Bonchev–Trinajstić information content (AvgIpc) is 2.24. The third-order valence-electron chi connectivity index (χ3n) is 2.81. The summed E-state index contributed by atoms with van der Waals surface area (Å²) in [6.45, 7) is 0. The number of amides is 1. The zero-order chi connectivity index (χ0) is 10.7.